The van der Waals surface area contributed by atoms with Crippen LogP contribution >= 0.6 is 11.8 Å². The zero-order valence-electron chi connectivity index (χ0n) is 18.2. The van der Waals surface area contributed by atoms with E-state index in [2.05, 4.69) is 15.3 Å². The molecule has 0 bridgehead atoms. The monoisotopic (exact) mass is 494 g/mol. The number of nitrogens with zero attached hydrogens (tertiary/aromatic N) is 5. The van der Waals surface area contributed by atoms with Crippen molar-refractivity contribution in [2.75, 3.05) is 42.5 Å². The van der Waals surface area contributed by atoms with E-state index < -0.39 is 17.8 Å². The molecule has 2 aromatic heterocycles. The molecule has 1 amide bonds. The van der Waals surface area contributed by atoms with E-state index in [9.17, 15) is 23.1 Å². The van der Waals surface area contributed by atoms with Gasteiger partial charge in [-0.1, -0.05) is 6.07 Å². The molecule has 0 aliphatic carbocycles. The number of piperazine rings is 1. The van der Waals surface area contributed by atoms with Crippen molar-refractivity contribution in [2.45, 2.75) is 12.7 Å². The third-order valence-corrected chi connectivity index (χ3v) is 5.93. The number of pyridine rings is 2. The van der Waals surface area contributed by atoms with Crippen LogP contribution in [0.3, 0.4) is 0 Å². The lowest BCUT2D eigenvalue weighted by Gasteiger charge is -2.37. The van der Waals surface area contributed by atoms with Crippen LogP contribution in [0.25, 0.3) is 11.0 Å². The lowest BCUT2D eigenvalue weighted by atomic mass is 10.1. The Bertz CT molecular complexity index is 1200. The molecule has 1 aromatic carbocycles. The van der Waals surface area contributed by atoms with Gasteiger partial charge in [-0.25, -0.2) is 14.2 Å². The number of para-hydroxylation sites is 1. The molecule has 180 valence electrons. The number of nitrogens with one attached hydrogen (secondary N) is 1. The van der Waals surface area contributed by atoms with E-state index in [1.54, 1.807) is 31.4 Å². The number of aromatic nitrogens is 2. The highest BCUT2D eigenvalue weighted by atomic mass is 35.5. The number of alkyl halides is 3. The van der Waals surface area contributed by atoms with Crippen LogP contribution in [0.5, 0.6) is 0 Å². The Hall–Kier alpha value is -3.31. The highest BCUT2D eigenvalue weighted by Crippen LogP contribution is 2.46. The molecule has 1 aliphatic rings. The summed E-state index contributed by atoms with van der Waals surface area (Å²) in [6.45, 7) is 0.773. The Morgan fingerprint density at radius 2 is 1.91 bits per heavy atom. The van der Waals surface area contributed by atoms with Crippen molar-refractivity contribution in [3.8, 4) is 0 Å². The maximum absolute atomic E-state index is 14.0. The van der Waals surface area contributed by atoms with Crippen molar-refractivity contribution in [1.82, 2.24) is 20.2 Å². The molecule has 12 heteroatoms. The zero-order chi connectivity index (χ0) is 24.5. The minimum Gasteiger partial charge on any atom is -0.465 e. The normalized spacial score (nSPS) is 14.5. The fraction of sp³-hybridized carbons (Fsp3) is 0.318. The molecule has 3 aromatic rings. The predicted octanol–water partition coefficient (Wildman–Crippen LogP) is 4.46. The van der Waals surface area contributed by atoms with Gasteiger partial charge in [0.1, 0.15) is 5.52 Å². The van der Waals surface area contributed by atoms with Crippen LogP contribution in [0.1, 0.15) is 11.3 Å². The van der Waals surface area contributed by atoms with Crippen LogP contribution in [-0.4, -0.2) is 59.3 Å². The van der Waals surface area contributed by atoms with Gasteiger partial charge < -0.3 is 20.2 Å². The molecule has 0 atom stereocenters. The van der Waals surface area contributed by atoms with E-state index in [-0.39, 0.29) is 37.6 Å². The highest BCUT2D eigenvalue weighted by Gasteiger charge is 2.38. The van der Waals surface area contributed by atoms with Crippen LogP contribution in [0.4, 0.5) is 35.0 Å². The number of amides is 1. The van der Waals surface area contributed by atoms with Crippen molar-refractivity contribution in [3.63, 3.8) is 0 Å². The maximum atomic E-state index is 14.0. The van der Waals surface area contributed by atoms with Gasteiger partial charge in [-0.3, -0.25) is 4.98 Å². The topological polar surface area (TPSA) is 84.8 Å². The number of anilines is 3. The van der Waals surface area contributed by atoms with Crippen LogP contribution in [0, 0.1) is 0 Å². The van der Waals surface area contributed by atoms with Crippen molar-refractivity contribution in [1.29, 1.82) is 0 Å². The van der Waals surface area contributed by atoms with Crippen molar-refractivity contribution >= 4 is 46.0 Å². The largest absolute Gasteiger partial charge is 0.465 e. The molecular weight excluding hydrogens is 473 g/mol. The van der Waals surface area contributed by atoms with Gasteiger partial charge in [-0.15, -0.1) is 0 Å². The summed E-state index contributed by atoms with van der Waals surface area (Å²) in [5, 5.41) is 12.2. The molecule has 1 aliphatic heterocycles. The van der Waals surface area contributed by atoms with Crippen LogP contribution < -0.4 is 14.6 Å². The van der Waals surface area contributed by atoms with E-state index in [1.807, 2.05) is 0 Å². The predicted molar refractivity (Wildman–Crippen MR) is 124 cm³/mol. The number of benzene rings is 1. The fourth-order valence-corrected chi connectivity index (χ4v) is 4.29. The first kappa shape index (κ1) is 23.8. The van der Waals surface area contributed by atoms with Gasteiger partial charge in [0, 0.05) is 50.7 Å². The summed E-state index contributed by atoms with van der Waals surface area (Å²) < 4.78 is 43.3. The van der Waals surface area contributed by atoms with E-state index in [0.29, 0.717) is 29.0 Å². The third kappa shape index (κ3) is 4.66. The highest BCUT2D eigenvalue weighted by molar-refractivity contribution is 6.31. The van der Waals surface area contributed by atoms with Gasteiger partial charge in [-0.2, -0.15) is 13.2 Å². The standard InChI is InChI=1S/C22H22ClF3N6O2/c1-27-13-14-12-18(19-16(29-14)5-3-7-28-19)32(23)17-6-2-4-15(22(24,25)26)20(17)30-8-10-31(11-9-30)21(33)34/h2-7,12,27H,8-11,13H2,1H3,(H,33,34). The van der Waals surface area contributed by atoms with Crippen molar-refractivity contribution < 1.29 is 23.1 Å². The summed E-state index contributed by atoms with van der Waals surface area (Å²) in [5.41, 5.74) is 1.20. The summed E-state index contributed by atoms with van der Waals surface area (Å²) in [6, 6.07) is 8.98. The molecule has 2 N–H and O–H groups in total. The molecule has 8 nitrogen and oxygen atoms in total. The van der Waals surface area contributed by atoms with E-state index in [0.717, 1.165) is 6.07 Å². The summed E-state index contributed by atoms with van der Waals surface area (Å²) in [6.07, 6.45) is -4.17. The van der Waals surface area contributed by atoms with Gasteiger partial charge >= 0.3 is 12.3 Å². The lowest BCUT2D eigenvalue weighted by molar-refractivity contribution is -0.137. The molecule has 1 fully saturated rings. The van der Waals surface area contributed by atoms with Crippen molar-refractivity contribution in [2.24, 2.45) is 0 Å². The second-order valence-corrected chi connectivity index (χ2v) is 8.08. The average Bonchev–Trinajstić information content (AvgIpc) is 2.82. The average molecular weight is 495 g/mol. The Labute approximate surface area is 198 Å². The van der Waals surface area contributed by atoms with Gasteiger partial charge in [0.15, 0.2) is 0 Å². The second kappa shape index (κ2) is 9.51. The molecule has 1 saturated heterocycles. The molecule has 0 spiro atoms. The van der Waals surface area contributed by atoms with E-state index in [4.69, 9.17) is 11.8 Å². The number of rotatable bonds is 5. The fourth-order valence-electron chi connectivity index (χ4n) is 4.02. The first-order valence-corrected chi connectivity index (χ1v) is 10.8. The molecule has 0 radical (unpaired) electrons. The molecule has 0 saturated carbocycles. The van der Waals surface area contributed by atoms with Crippen LogP contribution in [0.15, 0.2) is 42.6 Å². The maximum Gasteiger partial charge on any atom is 0.418 e. The Morgan fingerprint density at radius 3 is 2.56 bits per heavy atom. The van der Waals surface area contributed by atoms with E-state index >= 15 is 0 Å². The second-order valence-electron chi connectivity index (χ2n) is 7.74. The van der Waals surface area contributed by atoms with Crippen LogP contribution in [-0.2, 0) is 12.7 Å². The molecule has 4 rings (SSSR count). The minimum atomic E-state index is -4.64. The molecule has 0 unspecified atom stereocenters. The first-order chi connectivity index (χ1) is 16.2. The summed E-state index contributed by atoms with van der Waals surface area (Å²) in [5.74, 6) is 0. The minimum absolute atomic E-state index is 0.0787. The number of fused-ring (bicyclic) bond motifs is 1. The van der Waals surface area contributed by atoms with Gasteiger partial charge in [0.05, 0.1) is 33.8 Å². The number of carboxylic acid groups (broad SMARTS) is 1. The summed E-state index contributed by atoms with van der Waals surface area (Å²) in [4.78, 5) is 22.9. The van der Waals surface area contributed by atoms with Gasteiger partial charge in [-0.05, 0) is 37.4 Å². The Morgan fingerprint density at radius 1 is 1.18 bits per heavy atom. The SMILES string of the molecule is CNCc1cc(N(Cl)c2cccc(C(F)(F)F)c2N2CCN(C(=O)O)CC2)c2ncccc2n1. The van der Waals surface area contributed by atoms with Gasteiger partial charge in [0.2, 0.25) is 0 Å². The Kier molecular flexibility index (Phi) is 6.67. The number of hydrogen-bond acceptors (Lipinski definition) is 6. The molecule has 34 heavy (non-hydrogen) atoms. The molecular formula is C22H22ClF3N6O2. The Balaban J connectivity index is 1.85. The number of carbonyl (C=O) groups is 1. The smallest absolute Gasteiger partial charge is 0.418 e. The van der Waals surface area contributed by atoms with Gasteiger partial charge in [0.25, 0.3) is 0 Å². The summed E-state index contributed by atoms with van der Waals surface area (Å²) in [7, 11) is 1.76. The lowest BCUT2D eigenvalue weighted by Crippen LogP contribution is -2.49. The number of halogens is 4. The summed E-state index contributed by atoms with van der Waals surface area (Å²) >= 11 is 6.75. The zero-order valence-corrected chi connectivity index (χ0v) is 18.9. The van der Waals surface area contributed by atoms with Crippen molar-refractivity contribution in [3.05, 3.63) is 53.9 Å². The quantitative estimate of drug-likeness (QED) is 0.506. The molecule has 3 heterocycles. The first-order valence-electron chi connectivity index (χ1n) is 10.5. The van der Waals surface area contributed by atoms with Crippen LogP contribution in [0.2, 0.25) is 0 Å². The number of hydrogen-bond donors (Lipinski definition) is 2. The third-order valence-electron chi connectivity index (χ3n) is 5.56. The van der Waals surface area contributed by atoms with E-state index in [1.165, 1.54) is 26.4 Å².